The molecule has 0 amide bonds. The molecule has 8 heteroatoms. The second-order valence-corrected chi connectivity index (χ2v) is 16.3. The molecular formula is C50H85NO7. The molecule has 58 heavy (non-hydrogen) atoms. The van der Waals surface area contributed by atoms with Gasteiger partial charge in [-0.05, 0) is 89.9 Å². The molecule has 0 rings (SSSR count). The number of carbonyl (C=O) groups is 3. The summed E-state index contributed by atoms with van der Waals surface area (Å²) in [5, 5.41) is 11.6. The second kappa shape index (κ2) is 40.5. The Balaban J connectivity index is 4.44. The monoisotopic (exact) mass is 812 g/mol. The lowest BCUT2D eigenvalue weighted by molar-refractivity contribution is -0.889. The first-order chi connectivity index (χ1) is 28.1. The van der Waals surface area contributed by atoms with Gasteiger partial charge >= 0.3 is 11.9 Å². The zero-order valence-electron chi connectivity index (χ0n) is 37.7. The van der Waals surface area contributed by atoms with Gasteiger partial charge in [0.05, 0.1) is 40.3 Å². The number of nitrogens with zero attached hydrogens (tertiary/aromatic N) is 1. The maximum absolute atomic E-state index is 12.7. The van der Waals surface area contributed by atoms with Crippen molar-refractivity contribution in [3.8, 4) is 0 Å². The number of rotatable bonds is 40. The fraction of sp³-hybridized carbons (Fsp3) is 0.700. The molecule has 0 saturated heterocycles. The van der Waals surface area contributed by atoms with E-state index in [9.17, 15) is 19.5 Å². The van der Waals surface area contributed by atoms with Crippen LogP contribution in [0.2, 0.25) is 0 Å². The molecule has 0 heterocycles. The van der Waals surface area contributed by atoms with Gasteiger partial charge in [0.25, 0.3) is 0 Å². The van der Waals surface area contributed by atoms with Gasteiger partial charge in [0.1, 0.15) is 12.6 Å². The van der Waals surface area contributed by atoms with E-state index in [4.69, 9.17) is 14.2 Å². The summed E-state index contributed by atoms with van der Waals surface area (Å²) >= 11 is 0. The summed E-state index contributed by atoms with van der Waals surface area (Å²) in [7, 11) is 5.38. The molecule has 0 fully saturated rings. The molecule has 0 bridgehead atoms. The minimum atomic E-state index is -1.14. The second-order valence-electron chi connectivity index (χ2n) is 16.3. The molecule has 0 aliphatic heterocycles. The lowest BCUT2D eigenvalue weighted by Crippen LogP contribution is -2.55. The molecule has 0 aliphatic carbocycles. The van der Waals surface area contributed by atoms with Gasteiger partial charge in [-0.25, -0.2) is 0 Å². The minimum Gasteiger partial charge on any atom is -0.544 e. The van der Waals surface area contributed by atoms with E-state index in [1.165, 1.54) is 64.2 Å². The zero-order chi connectivity index (χ0) is 42.8. The number of carboxylic acids is 1. The molecular weight excluding hydrogens is 727 g/mol. The highest BCUT2D eigenvalue weighted by molar-refractivity contribution is 5.70. The standard InChI is InChI=1S/C50H85NO7/c1-6-8-10-12-14-16-18-20-21-22-23-24-25-26-27-29-31-33-35-37-39-41-49(53)58-46(44-56-43-42-47(50(54)55)51(3,4)5)45-57-48(52)40-38-36-34-32-30-28-19-17-15-13-11-9-7-2/h14,16,20-21,23-24,26-28,30-31,33,46-47H,6-13,15,17-19,22,25,29,32,34-45H2,1-5H3/b16-14+,21-20+,24-23+,27-26+,30-28+,33-31+. The number of aliphatic carboxylic acids is 1. The van der Waals surface area contributed by atoms with Crippen LogP contribution in [0.15, 0.2) is 72.9 Å². The molecule has 0 aliphatic rings. The largest absolute Gasteiger partial charge is 0.544 e. The fourth-order valence-electron chi connectivity index (χ4n) is 6.20. The molecule has 332 valence electrons. The molecule has 0 aromatic heterocycles. The number of allylic oxidation sites excluding steroid dienone is 12. The molecule has 0 spiro atoms. The number of hydrogen-bond donors (Lipinski definition) is 0. The Labute approximate surface area is 355 Å². The van der Waals surface area contributed by atoms with E-state index >= 15 is 0 Å². The van der Waals surface area contributed by atoms with Crippen LogP contribution in [-0.4, -0.2) is 75.5 Å². The van der Waals surface area contributed by atoms with Gasteiger partial charge in [0.2, 0.25) is 0 Å². The maximum atomic E-state index is 12.7. The van der Waals surface area contributed by atoms with E-state index in [0.29, 0.717) is 12.8 Å². The fourth-order valence-corrected chi connectivity index (χ4v) is 6.20. The molecule has 0 N–H and O–H groups in total. The van der Waals surface area contributed by atoms with Gasteiger partial charge in [0.15, 0.2) is 6.10 Å². The highest BCUT2D eigenvalue weighted by Gasteiger charge is 2.25. The Morgan fingerprint density at radius 3 is 1.43 bits per heavy atom. The van der Waals surface area contributed by atoms with Crippen molar-refractivity contribution in [1.82, 2.24) is 0 Å². The predicted octanol–water partition coefficient (Wildman–Crippen LogP) is 11.4. The Morgan fingerprint density at radius 1 is 0.517 bits per heavy atom. The highest BCUT2D eigenvalue weighted by atomic mass is 16.6. The highest BCUT2D eigenvalue weighted by Crippen LogP contribution is 2.12. The number of carboxylic acid groups (broad SMARTS) is 1. The topological polar surface area (TPSA) is 102 Å². The molecule has 0 aromatic carbocycles. The van der Waals surface area contributed by atoms with E-state index in [0.717, 1.165) is 70.6 Å². The lowest BCUT2D eigenvalue weighted by Gasteiger charge is -2.34. The molecule has 2 atom stereocenters. The number of ether oxygens (including phenoxy) is 3. The van der Waals surface area contributed by atoms with E-state index in [2.05, 4.69) is 86.8 Å². The number of unbranched alkanes of at least 4 members (excludes halogenated alkanes) is 14. The Kier molecular flexibility index (Phi) is 38.3. The van der Waals surface area contributed by atoms with Crippen molar-refractivity contribution in [3.63, 3.8) is 0 Å². The third kappa shape index (κ3) is 38.3. The van der Waals surface area contributed by atoms with Crippen molar-refractivity contribution in [3.05, 3.63) is 72.9 Å². The number of esters is 2. The molecule has 8 nitrogen and oxygen atoms in total. The van der Waals surface area contributed by atoms with Crippen LogP contribution in [0.25, 0.3) is 0 Å². The SMILES string of the molecule is CCCCC/C=C/C/C=C/C/C=C/C/C=C/C/C=C/CCCCC(=O)OC(COCCC(C(=O)[O-])[N+](C)(C)C)COC(=O)CCCCC/C=C/CCCCCCCC. The van der Waals surface area contributed by atoms with E-state index in [-0.39, 0.29) is 49.1 Å². The summed E-state index contributed by atoms with van der Waals surface area (Å²) in [6.07, 6.45) is 50.7. The van der Waals surface area contributed by atoms with Crippen LogP contribution in [0.1, 0.15) is 174 Å². The van der Waals surface area contributed by atoms with Gasteiger partial charge in [-0.3, -0.25) is 9.59 Å². The van der Waals surface area contributed by atoms with E-state index in [1.54, 1.807) is 21.1 Å². The first kappa shape index (κ1) is 54.8. The Morgan fingerprint density at radius 2 is 0.914 bits per heavy atom. The lowest BCUT2D eigenvalue weighted by atomic mass is 10.1. The summed E-state index contributed by atoms with van der Waals surface area (Å²) in [4.78, 5) is 36.8. The Bertz CT molecular complexity index is 1180. The molecule has 2 unspecified atom stereocenters. The number of carbonyl (C=O) groups excluding carboxylic acids is 3. The average Bonchev–Trinajstić information content (AvgIpc) is 3.18. The van der Waals surface area contributed by atoms with Crippen molar-refractivity contribution in [2.45, 2.75) is 187 Å². The minimum absolute atomic E-state index is 0.0151. The van der Waals surface area contributed by atoms with Gasteiger partial charge in [-0.2, -0.15) is 0 Å². The summed E-state index contributed by atoms with van der Waals surface area (Å²) in [5.74, 6) is -1.82. The van der Waals surface area contributed by atoms with Crippen molar-refractivity contribution in [2.75, 3.05) is 41.0 Å². The first-order valence-electron chi connectivity index (χ1n) is 23.0. The van der Waals surface area contributed by atoms with Crippen molar-refractivity contribution in [2.24, 2.45) is 0 Å². The summed E-state index contributed by atoms with van der Waals surface area (Å²) in [6, 6.07) is -0.739. The zero-order valence-corrected chi connectivity index (χ0v) is 37.7. The van der Waals surface area contributed by atoms with Crippen LogP contribution < -0.4 is 5.11 Å². The predicted molar refractivity (Wildman–Crippen MR) is 240 cm³/mol. The van der Waals surface area contributed by atoms with Gasteiger partial charge in [-0.1, -0.05) is 138 Å². The van der Waals surface area contributed by atoms with Crippen LogP contribution in [0.5, 0.6) is 0 Å². The van der Waals surface area contributed by atoms with Crippen LogP contribution >= 0.6 is 0 Å². The van der Waals surface area contributed by atoms with Crippen LogP contribution in [0, 0.1) is 0 Å². The smallest absolute Gasteiger partial charge is 0.306 e. The van der Waals surface area contributed by atoms with Crippen LogP contribution in [-0.2, 0) is 28.6 Å². The summed E-state index contributed by atoms with van der Waals surface area (Å²) in [6.45, 7) is 4.55. The third-order valence-electron chi connectivity index (χ3n) is 9.82. The van der Waals surface area contributed by atoms with Crippen LogP contribution in [0.3, 0.4) is 0 Å². The number of hydrogen-bond acceptors (Lipinski definition) is 7. The van der Waals surface area contributed by atoms with E-state index in [1.807, 2.05) is 0 Å². The summed E-state index contributed by atoms with van der Waals surface area (Å²) < 4.78 is 17.1. The number of likely N-dealkylation sites (N-methyl/N-ethyl adjacent to an activating group) is 1. The Hall–Kier alpha value is -3.23. The average molecular weight is 812 g/mol. The quantitative estimate of drug-likeness (QED) is 0.0263. The van der Waals surface area contributed by atoms with Crippen LogP contribution in [0.4, 0.5) is 0 Å². The number of quaternary nitrogens is 1. The molecule has 0 aromatic rings. The molecule has 0 saturated carbocycles. The van der Waals surface area contributed by atoms with Gasteiger partial charge in [-0.15, -0.1) is 0 Å². The van der Waals surface area contributed by atoms with E-state index < -0.39 is 18.1 Å². The first-order valence-corrected chi connectivity index (χ1v) is 23.0. The molecule has 0 radical (unpaired) electrons. The summed E-state index contributed by atoms with van der Waals surface area (Å²) in [5.41, 5.74) is 0. The normalized spacial score (nSPS) is 13.6. The van der Waals surface area contributed by atoms with Gasteiger partial charge < -0.3 is 28.6 Å². The third-order valence-corrected chi connectivity index (χ3v) is 9.82. The van der Waals surface area contributed by atoms with Gasteiger partial charge in [0, 0.05) is 19.3 Å². The van der Waals surface area contributed by atoms with Crippen molar-refractivity contribution >= 4 is 17.9 Å². The van der Waals surface area contributed by atoms with Crippen molar-refractivity contribution < 1.29 is 38.2 Å². The van der Waals surface area contributed by atoms with Crippen molar-refractivity contribution in [1.29, 1.82) is 0 Å². The maximum Gasteiger partial charge on any atom is 0.306 e.